The van der Waals surface area contributed by atoms with Crippen LogP contribution in [0.25, 0.3) is 0 Å². The van der Waals surface area contributed by atoms with E-state index in [1.165, 1.54) is 57.8 Å². The van der Waals surface area contributed by atoms with E-state index in [0.29, 0.717) is 18.8 Å². The third-order valence-corrected chi connectivity index (χ3v) is 8.22. The van der Waals surface area contributed by atoms with Gasteiger partial charge in [-0.3, -0.25) is 0 Å². The first kappa shape index (κ1) is 18.2. The van der Waals surface area contributed by atoms with Gasteiger partial charge >= 0.3 is 0 Å². The molecule has 0 radical (unpaired) electrons. The minimum absolute atomic E-state index is 0.145. The van der Waals surface area contributed by atoms with Gasteiger partial charge in [0.25, 0.3) is 0 Å². The minimum Gasteiger partial charge on any atom is -0.390 e. The Kier molecular flexibility index (Phi) is 5.69. The SMILES string of the molecule is OC1CCC(C2CCC(C3CCC(CC4CC4)CC3)CC2)C(F)C1F. The summed E-state index contributed by atoms with van der Waals surface area (Å²) < 4.78 is 28.2. The summed E-state index contributed by atoms with van der Waals surface area (Å²) in [4.78, 5) is 0. The average molecular weight is 355 g/mol. The molecule has 4 fully saturated rings. The Hall–Kier alpha value is -0.180. The van der Waals surface area contributed by atoms with Crippen molar-refractivity contribution in [3.8, 4) is 0 Å². The lowest BCUT2D eigenvalue weighted by atomic mass is 9.65. The summed E-state index contributed by atoms with van der Waals surface area (Å²) in [7, 11) is 0. The number of hydrogen-bond donors (Lipinski definition) is 1. The van der Waals surface area contributed by atoms with E-state index >= 15 is 0 Å². The number of alkyl halides is 2. The van der Waals surface area contributed by atoms with E-state index in [0.717, 1.165) is 36.5 Å². The molecule has 1 N–H and O–H groups in total. The number of halogens is 2. The van der Waals surface area contributed by atoms with Crippen molar-refractivity contribution < 1.29 is 13.9 Å². The van der Waals surface area contributed by atoms with Gasteiger partial charge in [-0.05, 0) is 93.3 Å². The third kappa shape index (κ3) is 4.22. The van der Waals surface area contributed by atoms with Crippen molar-refractivity contribution in [3.05, 3.63) is 0 Å². The smallest absolute Gasteiger partial charge is 0.157 e. The van der Waals surface area contributed by atoms with Gasteiger partial charge < -0.3 is 5.11 Å². The molecule has 4 aliphatic rings. The van der Waals surface area contributed by atoms with E-state index in [1.54, 1.807) is 0 Å². The highest BCUT2D eigenvalue weighted by molar-refractivity contribution is 4.93. The maximum atomic E-state index is 14.3. The Morgan fingerprint density at radius 2 is 1.04 bits per heavy atom. The zero-order chi connectivity index (χ0) is 17.4. The van der Waals surface area contributed by atoms with Crippen LogP contribution in [0, 0.1) is 35.5 Å². The minimum atomic E-state index is -1.65. The first-order valence-electron chi connectivity index (χ1n) is 11.1. The number of aliphatic hydroxyl groups excluding tert-OH is 1. The molecule has 144 valence electrons. The second-order valence-corrected chi connectivity index (χ2v) is 9.83. The number of rotatable bonds is 4. The molecular formula is C22H36F2O. The van der Waals surface area contributed by atoms with E-state index in [1.807, 2.05) is 0 Å². The molecule has 1 nitrogen and oxygen atoms in total. The number of hydrogen-bond acceptors (Lipinski definition) is 1. The molecule has 0 aromatic rings. The van der Waals surface area contributed by atoms with Crippen molar-refractivity contribution >= 4 is 0 Å². The predicted molar refractivity (Wildman–Crippen MR) is 96.8 cm³/mol. The van der Waals surface area contributed by atoms with Gasteiger partial charge in [0.15, 0.2) is 6.17 Å². The lowest BCUT2D eigenvalue weighted by Gasteiger charge is -2.42. The fourth-order valence-corrected chi connectivity index (χ4v) is 6.39. The molecule has 0 amide bonds. The third-order valence-electron chi connectivity index (χ3n) is 8.22. The topological polar surface area (TPSA) is 20.2 Å². The van der Waals surface area contributed by atoms with Crippen LogP contribution in [0.5, 0.6) is 0 Å². The molecule has 4 rings (SSSR count). The summed E-state index contributed by atoms with van der Waals surface area (Å²) in [6.45, 7) is 0. The van der Waals surface area contributed by atoms with Crippen molar-refractivity contribution in [1.82, 2.24) is 0 Å². The Balaban J connectivity index is 1.22. The van der Waals surface area contributed by atoms with Crippen LogP contribution in [0.1, 0.15) is 83.5 Å². The van der Waals surface area contributed by atoms with Crippen LogP contribution < -0.4 is 0 Å². The van der Waals surface area contributed by atoms with Crippen molar-refractivity contribution in [3.63, 3.8) is 0 Å². The Bertz CT molecular complexity index is 422. The zero-order valence-corrected chi connectivity index (χ0v) is 15.6. The van der Waals surface area contributed by atoms with Crippen LogP contribution in [0.3, 0.4) is 0 Å². The largest absolute Gasteiger partial charge is 0.390 e. The normalized spacial score (nSPS) is 49.1. The summed E-state index contributed by atoms with van der Waals surface area (Å²) >= 11 is 0. The molecule has 0 saturated heterocycles. The predicted octanol–water partition coefficient (Wildman–Crippen LogP) is 5.85. The lowest BCUT2D eigenvalue weighted by Crippen LogP contribution is -2.44. The number of aliphatic hydroxyl groups is 1. The standard InChI is InChI=1S/C22H36F2O/c23-21-19(11-12-20(25)22(21)24)18-9-7-17(8-10-18)16-5-3-15(4-6-16)13-14-1-2-14/h14-22,25H,1-13H2. The Morgan fingerprint density at radius 1 is 0.560 bits per heavy atom. The van der Waals surface area contributed by atoms with Crippen molar-refractivity contribution in [2.45, 2.75) is 102 Å². The summed E-state index contributed by atoms with van der Waals surface area (Å²) in [5, 5.41) is 9.54. The molecule has 0 heterocycles. The van der Waals surface area contributed by atoms with Crippen molar-refractivity contribution in [2.75, 3.05) is 0 Å². The van der Waals surface area contributed by atoms with Crippen LogP contribution >= 0.6 is 0 Å². The van der Waals surface area contributed by atoms with E-state index in [2.05, 4.69) is 0 Å². The Labute approximate surface area is 152 Å². The quantitative estimate of drug-likeness (QED) is 0.672. The van der Waals surface area contributed by atoms with Gasteiger partial charge in [0.1, 0.15) is 6.17 Å². The van der Waals surface area contributed by atoms with Gasteiger partial charge in [-0.15, -0.1) is 0 Å². The molecule has 4 unspecified atom stereocenters. The second-order valence-electron chi connectivity index (χ2n) is 9.83. The Morgan fingerprint density at radius 3 is 1.60 bits per heavy atom. The molecule has 0 spiro atoms. The monoisotopic (exact) mass is 354 g/mol. The average Bonchev–Trinajstić information content (AvgIpc) is 3.45. The maximum absolute atomic E-state index is 14.3. The molecule has 0 aromatic heterocycles. The highest BCUT2D eigenvalue weighted by atomic mass is 19.2. The highest BCUT2D eigenvalue weighted by Gasteiger charge is 2.44. The van der Waals surface area contributed by atoms with Crippen LogP contribution in [-0.4, -0.2) is 23.6 Å². The fourth-order valence-electron chi connectivity index (χ4n) is 6.39. The van der Waals surface area contributed by atoms with Gasteiger partial charge in [0, 0.05) is 0 Å². The highest BCUT2D eigenvalue weighted by Crippen LogP contribution is 2.47. The molecule has 0 bridgehead atoms. The van der Waals surface area contributed by atoms with Crippen LogP contribution in [-0.2, 0) is 0 Å². The summed E-state index contributed by atoms with van der Waals surface area (Å²) in [6.07, 6.45) is 11.7. The second kappa shape index (κ2) is 7.82. The molecule has 4 aliphatic carbocycles. The molecule has 0 aliphatic heterocycles. The van der Waals surface area contributed by atoms with E-state index in [9.17, 15) is 13.9 Å². The molecule has 0 aromatic carbocycles. The van der Waals surface area contributed by atoms with Gasteiger partial charge in [-0.2, -0.15) is 0 Å². The maximum Gasteiger partial charge on any atom is 0.157 e. The van der Waals surface area contributed by atoms with Crippen LogP contribution in [0.4, 0.5) is 8.78 Å². The van der Waals surface area contributed by atoms with Gasteiger partial charge in [-0.1, -0.05) is 25.7 Å². The van der Waals surface area contributed by atoms with Crippen molar-refractivity contribution in [2.24, 2.45) is 35.5 Å². The van der Waals surface area contributed by atoms with Gasteiger partial charge in [-0.25, -0.2) is 8.78 Å². The summed E-state index contributed by atoms with van der Waals surface area (Å²) in [6, 6.07) is 0. The van der Waals surface area contributed by atoms with E-state index in [-0.39, 0.29) is 5.92 Å². The zero-order valence-electron chi connectivity index (χ0n) is 15.6. The first-order valence-corrected chi connectivity index (χ1v) is 11.1. The first-order chi connectivity index (χ1) is 12.1. The molecule has 4 saturated carbocycles. The van der Waals surface area contributed by atoms with Crippen LogP contribution in [0.15, 0.2) is 0 Å². The molecular weight excluding hydrogens is 318 g/mol. The van der Waals surface area contributed by atoms with E-state index < -0.39 is 18.4 Å². The van der Waals surface area contributed by atoms with Crippen LogP contribution in [0.2, 0.25) is 0 Å². The summed E-state index contributed by atoms with van der Waals surface area (Å²) in [5.41, 5.74) is 0. The van der Waals surface area contributed by atoms with Gasteiger partial charge in [0.05, 0.1) is 6.10 Å². The van der Waals surface area contributed by atoms with E-state index in [4.69, 9.17) is 0 Å². The fraction of sp³-hybridized carbons (Fsp3) is 1.00. The molecule has 3 heteroatoms. The molecule has 25 heavy (non-hydrogen) atoms. The lowest BCUT2D eigenvalue weighted by molar-refractivity contribution is -0.0561. The van der Waals surface area contributed by atoms with Gasteiger partial charge in [0.2, 0.25) is 0 Å². The molecule has 4 atom stereocenters. The van der Waals surface area contributed by atoms with Crippen molar-refractivity contribution in [1.29, 1.82) is 0 Å². The summed E-state index contributed by atoms with van der Waals surface area (Å²) in [5.74, 6) is 4.02.